The lowest BCUT2D eigenvalue weighted by Crippen LogP contribution is -2.39. The number of carbonyl (C=O) groups is 2. The van der Waals surface area contributed by atoms with Crippen LogP contribution in [0.4, 0.5) is 10.5 Å². The minimum Gasteiger partial charge on any atom is -0.443 e. The van der Waals surface area contributed by atoms with E-state index in [1.54, 1.807) is 26.8 Å². The summed E-state index contributed by atoms with van der Waals surface area (Å²) in [7, 11) is 0. The zero-order valence-corrected chi connectivity index (χ0v) is 14.2. The lowest BCUT2D eigenvalue weighted by Gasteiger charge is -2.24. The van der Waals surface area contributed by atoms with Crippen LogP contribution in [0.1, 0.15) is 37.8 Å². The number of hydrogen-bond donors (Lipinski definition) is 0. The molecule has 0 N–H and O–H groups in total. The smallest absolute Gasteiger partial charge is 0.421 e. The van der Waals surface area contributed by atoms with Crippen molar-refractivity contribution in [1.29, 1.82) is 0 Å². The zero-order chi connectivity index (χ0) is 17.3. The lowest BCUT2D eigenvalue weighted by molar-refractivity contribution is -0.119. The van der Waals surface area contributed by atoms with Crippen LogP contribution in [0, 0.1) is 0 Å². The number of rotatable bonds is 2. The first kappa shape index (κ1) is 16.2. The van der Waals surface area contributed by atoms with Gasteiger partial charge in [-0.05, 0) is 44.4 Å². The van der Waals surface area contributed by atoms with Crippen molar-refractivity contribution in [2.75, 3.05) is 4.90 Å². The van der Waals surface area contributed by atoms with E-state index in [1.807, 2.05) is 48.5 Å². The molecular weight excluding hydrogens is 302 g/mol. The van der Waals surface area contributed by atoms with E-state index in [4.69, 9.17) is 4.74 Å². The second-order valence-electron chi connectivity index (χ2n) is 6.96. The third-order valence-electron chi connectivity index (χ3n) is 3.93. The van der Waals surface area contributed by atoms with Crippen LogP contribution in [-0.4, -0.2) is 17.6 Å². The number of hydrogen-bond acceptors (Lipinski definition) is 3. The number of anilines is 1. The van der Waals surface area contributed by atoms with Crippen LogP contribution in [0.2, 0.25) is 0 Å². The molecule has 0 fully saturated rings. The van der Waals surface area contributed by atoms with E-state index in [-0.39, 0.29) is 11.8 Å². The van der Waals surface area contributed by atoms with Crippen molar-refractivity contribution in [3.8, 4) is 0 Å². The van der Waals surface area contributed by atoms with Gasteiger partial charge in [-0.1, -0.05) is 48.5 Å². The van der Waals surface area contributed by atoms with Gasteiger partial charge in [-0.2, -0.15) is 0 Å². The molecule has 3 rings (SSSR count). The highest BCUT2D eigenvalue weighted by atomic mass is 16.6. The van der Waals surface area contributed by atoms with Crippen LogP contribution in [-0.2, 0) is 16.0 Å². The van der Waals surface area contributed by atoms with Gasteiger partial charge in [0, 0.05) is 0 Å². The van der Waals surface area contributed by atoms with Crippen molar-refractivity contribution in [3.05, 3.63) is 65.7 Å². The second-order valence-corrected chi connectivity index (χ2v) is 6.96. The van der Waals surface area contributed by atoms with Gasteiger partial charge >= 0.3 is 6.09 Å². The minimum absolute atomic E-state index is 0.227. The van der Waals surface area contributed by atoms with E-state index in [0.717, 1.165) is 11.1 Å². The van der Waals surface area contributed by atoms with Gasteiger partial charge in [0.05, 0.1) is 11.6 Å². The number of carbonyl (C=O) groups excluding carboxylic acids is 2. The maximum absolute atomic E-state index is 12.9. The van der Waals surface area contributed by atoms with Crippen LogP contribution < -0.4 is 4.90 Å². The SMILES string of the molecule is CC(C)(C)OC(=O)N1C(=O)[C@H](Cc2ccccc2)c2ccccc21. The Morgan fingerprint density at radius 3 is 2.33 bits per heavy atom. The number of ether oxygens (including phenoxy) is 1. The van der Waals surface area contributed by atoms with Crippen molar-refractivity contribution in [3.63, 3.8) is 0 Å². The molecule has 1 aliphatic rings. The molecule has 1 heterocycles. The third-order valence-corrected chi connectivity index (χ3v) is 3.93. The number of fused-ring (bicyclic) bond motifs is 1. The van der Waals surface area contributed by atoms with Gasteiger partial charge in [-0.15, -0.1) is 0 Å². The van der Waals surface area contributed by atoms with Crippen LogP contribution in [0.3, 0.4) is 0 Å². The van der Waals surface area contributed by atoms with Crippen LogP contribution >= 0.6 is 0 Å². The number of benzene rings is 2. The third kappa shape index (κ3) is 3.18. The molecule has 0 saturated carbocycles. The zero-order valence-electron chi connectivity index (χ0n) is 14.2. The largest absolute Gasteiger partial charge is 0.443 e. The summed E-state index contributed by atoms with van der Waals surface area (Å²) in [6.45, 7) is 5.37. The summed E-state index contributed by atoms with van der Waals surface area (Å²) in [5, 5.41) is 0. The van der Waals surface area contributed by atoms with E-state index >= 15 is 0 Å². The summed E-state index contributed by atoms with van der Waals surface area (Å²) in [5.41, 5.74) is 1.91. The molecule has 0 spiro atoms. The second kappa shape index (κ2) is 6.11. The molecule has 4 nitrogen and oxygen atoms in total. The van der Waals surface area contributed by atoms with Crippen LogP contribution in [0.5, 0.6) is 0 Å². The minimum atomic E-state index is -0.649. The Morgan fingerprint density at radius 2 is 1.67 bits per heavy atom. The topological polar surface area (TPSA) is 46.6 Å². The predicted octanol–water partition coefficient (Wildman–Crippen LogP) is 4.29. The Balaban J connectivity index is 1.93. The first-order valence-electron chi connectivity index (χ1n) is 8.06. The molecular formula is C20H21NO3. The summed E-state index contributed by atoms with van der Waals surface area (Å²) in [5.74, 6) is -0.592. The maximum Gasteiger partial charge on any atom is 0.421 e. The highest BCUT2D eigenvalue weighted by Gasteiger charge is 2.42. The molecule has 2 aromatic rings. The highest BCUT2D eigenvalue weighted by Crippen LogP contribution is 2.39. The Kier molecular flexibility index (Phi) is 4.14. The average molecular weight is 323 g/mol. The first-order chi connectivity index (χ1) is 11.4. The first-order valence-corrected chi connectivity index (χ1v) is 8.06. The summed E-state index contributed by atoms with van der Waals surface area (Å²) in [6.07, 6.45) is -0.0498. The van der Waals surface area contributed by atoms with Crippen molar-refractivity contribution >= 4 is 17.7 Å². The molecule has 4 heteroatoms. The van der Waals surface area contributed by atoms with E-state index in [0.29, 0.717) is 12.1 Å². The Bertz CT molecular complexity index is 762. The molecule has 0 aliphatic carbocycles. The average Bonchev–Trinajstić information content (AvgIpc) is 2.79. The van der Waals surface area contributed by atoms with Gasteiger partial charge < -0.3 is 4.74 Å². The van der Waals surface area contributed by atoms with Crippen molar-refractivity contribution in [2.24, 2.45) is 0 Å². The number of amides is 2. The highest BCUT2D eigenvalue weighted by molar-refractivity contribution is 6.19. The maximum atomic E-state index is 12.9. The molecule has 1 aliphatic heterocycles. The molecule has 124 valence electrons. The van der Waals surface area contributed by atoms with Gasteiger partial charge in [0.2, 0.25) is 5.91 Å². The van der Waals surface area contributed by atoms with Crippen LogP contribution in [0.15, 0.2) is 54.6 Å². The summed E-state index contributed by atoms with van der Waals surface area (Å²) >= 11 is 0. The van der Waals surface area contributed by atoms with Crippen LogP contribution in [0.25, 0.3) is 0 Å². The van der Waals surface area contributed by atoms with Gasteiger partial charge in [0.15, 0.2) is 0 Å². The normalized spacial score (nSPS) is 16.9. The van der Waals surface area contributed by atoms with E-state index in [1.165, 1.54) is 4.90 Å². The molecule has 0 saturated heterocycles. The molecule has 1 atom stereocenters. The standard InChI is InChI=1S/C20H21NO3/c1-20(2,3)24-19(23)21-17-12-8-7-11-15(17)16(18(21)22)13-14-9-5-4-6-10-14/h4-12,16H,13H2,1-3H3/t16-/m1/s1. The molecule has 0 aromatic heterocycles. The molecule has 2 amide bonds. The quantitative estimate of drug-likeness (QED) is 0.828. The van der Waals surface area contributed by atoms with Gasteiger partial charge in [-0.3, -0.25) is 4.79 Å². The number of nitrogens with zero attached hydrogens (tertiary/aromatic N) is 1. The van der Waals surface area contributed by atoms with Gasteiger partial charge in [0.1, 0.15) is 5.60 Å². The Labute approximate surface area is 142 Å². The van der Waals surface area contributed by atoms with Crippen molar-refractivity contribution < 1.29 is 14.3 Å². The number of para-hydroxylation sites is 1. The summed E-state index contributed by atoms with van der Waals surface area (Å²) in [6, 6.07) is 17.3. The summed E-state index contributed by atoms with van der Waals surface area (Å²) < 4.78 is 5.41. The van der Waals surface area contributed by atoms with E-state index in [9.17, 15) is 9.59 Å². The van der Waals surface area contributed by atoms with Crippen molar-refractivity contribution in [2.45, 2.75) is 38.7 Å². The fraction of sp³-hybridized carbons (Fsp3) is 0.300. The van der Waals surface area contributed by atoms with Crippen molar-refractivity contribution in [1.82, 2.24) is 0 Å². The summed E-state index contributed by atoms with van der Waals surface area (Å²) in [4.78, 5) is 26.6. The molecule has 0 unspecified atom stereocenters. The van der Waals surface area contributed by atoms with Gasteiger partial charge in [-0.25, -0.2) is 9.69 Å². The molecule has 2 aromatic carbocycles. The number of imide groups is 1. The fourth-order valence-corrected chi connectivity index (χ4v) is 2.94. The molecule has 24 heavy (non-hydrogen) atoms. The molecule has 0 radical (unpaired) electrons. The fourth-order valence-electron chi connectivity index (χ4n) is 2.94. The predicted molar refractivity (Wildman–Crippen MR) is 93.0 cm³/mol. The Morgan fingerprint density at radius 1 is 1.04 bits per heavy atom. The van der Waals surface area contributed by atoms with E-state index < -0.39 is 11.7 Å². The Hall–Kier alpha value is -2.62. The van der Waals surface area contributed by atoms with Gasteiger partial charge in [0.25, 0.3) is 0 Å². The lowest BCUT2D eigenvalue weighted by atomic mass is 9.93. The molecule has 0 bridgehead atoms. The van der Waals surface area contributed by atoms with E-state index in [2.05, 4.69) is 0 Å². The monoisotopic (exact) mass is 323 g/mol.